The third kappa shape index (κ3) is 3.12. The minimum absolute atomic E-state index is 0.532. The Balaban J connectivity index is 2.03. The Kier molecular flexibility index (Phi) is 3.57. The SMILES string of the molecule is FC1(Cc2ccc(Cl)cc2)CCSCC1. The van der Waals surface area contributed by atoms with Crippen LogP contribution in [0.25, 0.3) is 0 Å². The van der Waals surface area contributed by atoms with E-state index in [2.05, 4.69) is 0 Å². The molecule has 1 aliphatic rings. The Labute approximate surface area is 99.2 Å². The molecular formula is C12H14ClFS. The van der Waals surface area contributed by atoms with Gasteiger partial charge < -0.3 is 0 Å². The van der Waals surface area contributed by atoms with Gasteiger partial charge in [-0.15, -0.1) is 0 Å². The smallest absolute Gasteiger partial charge is 0.116 e. The first kappa shape index (κ1) is 11.3. The van der Waals surface area contributed by atoms with Crippen LogP contribution in [0.3, 0.4) is 0 Å². The molecule has 1 aliphatic heterocycles. The molecule has 1 saturated heterocycles. The summed E-state index contributed by atoms with van der Waals surface area (Å²) >= 11 is 7.64. The lowest BCUT2D eigenvalue weighted by Crippen LogP contribution is -2.30. The van der Waals surface area contributed by atoms with Crippen LogP contribution in [-0.2, 0) is 6.42 Å². The van der Waals surface area contributed by atoms with Gasteiger partial charge in [0.25, 0.3) is 0 Å². The van der Waals surface area contributed by atoms with Crippen molar-refractivity contribution in [2.24, 2.45) is 0 Å². The van der Waals surface area contributed by atoms with Gasteiger partial charge >= 0.3 is 0 Å². The van der Waals surface area contributed by atoms with Gasteiger partial charge in [0, 0.05) is 11.4 Å². The van der Waals surface area contributed by atoms with E-state index in [1.807, 2.05) is 36.0 Å². The number of rotatable bonds is 2. The molecule has 1 heterocycles. The molecule has 0 bridgehead atoms. The highest BCUT2D eigenvalue weighted by Gasteiger charge is 2.31. The summed E-state index contributed by atoms with van der Waals surface area (Å²) < 4.78 is 14.3. The van der Waals surface area contributed by atoms with Crippen molar-refractivity contribution >= 4 is 23.4 Å². The van der Waals surface area contributed by atoms with Gasteiger partial charge in [-0.05, 0) is 42.0 Å². The predicted octanol–water partition coefficient (Wildman–Crippen LogP) is 4.12. The van der Waals surface area contributed by atoms with E-state index in [1.165, 1.54) is 0 Å². The van der Waals surface area contributed by atoms with Crippen LogP contribution in [0.15, 0.2) is 24.3 Å². The number of alkyl halides is 1. The zero-order valence-corrected chi connectivity index (χ0v) is 10.1. The molecule has 1 aromatic rings. The minimum atomic E-state index is -0.987. The van der Waals surface area contributed by atoms with E-state index in [4.69, 9.17) is 11.6 Å². The zero-order valence-electron chi connectivity index (χ0n) is 8.51. The van der Waals surface area contributed by atoms with Crippen molar-refractivity contribution in [2.75, 3.05) is 11.5 Å². The standard InChI is InChI=1S/C12H14ClFS/c13-11-3-1-10(2-4-11)9-12(14)5-7-15-8-6-12/h1-4H,5-9H2. The second-order valence-electron chi connectivity index (χ2n) is 4.07. The first-order valence-electron chi connectivity index (χ1n) is 5.19. The van der Waals surface area contributed by atoms with Crippen LogP contribution in [0.5, 0.6) is 0 Å². The molecule has 0 N–H and O–H groups in total. The van der Waals surface area contributed by atoms with Crippen molar-refractivity contribution < 1.29 is 4.39 Å². The monoisotopic (exact) mass is 244 g/mol. The highest BCUT2D eigenvalue weighted by molar-refractivity contribution is 7.99. The first-order valence-corrected chi connectivity index (χ1v) is 6.72. The quantitative estimate of drug-likeness (QED) is 0.754. The number of hydrogen-bond donors (Lipinski definition) is 0. The summed E-state index contributed by atoms with van der Waals surface area (Å²) in [6, 6.07) is 7.51. The van der Waals surface area contributed by atoms with Gasteiger partial charge in [0.1, 0.15) is 5.67 Å². The summed E-state index contributed by atoms with van der Waals surface area (Å²) in [6.07, 6.45) is 1.89. The zero-order chi connectivity index (χ0) is 10.7. The molecule has 3 heteroatoms. The van der Waals surface area contributed by atoms with E-state index in [0.29, 0.717) is 24.3 Å². The third-order valence-electron chi connectivity index (χ3n) is 2.82. The Bertz CT molecular complexity index is 317. The van der Waals surface area contributed by atoms with E-state index in [1.54, 1.807) is 0 Å². The lowest BCUT2D eigenvalue weighted by molar-refractivity contribution is 0.150. The topological polar surface area (TPSA) is 0 Å². The number of hydrogen-bond acceptors (Lipinski definition) is 1. The van der Waals surface area contributed by atoms with Crippen LogP contribution >= 0.6 is 23.4 Å². The summed E-state index contributed by atoms with van der Waals surface area (Å²) in [5.41, 5.74) is 0.0628. The molecule has 82 valence electrons. The fourth-order valence-corrected chi connectivity index (χ4v) is 3.23. The fourth-order valence-electron chi connectivity index (χ4n) is 1.88. The minimum Gasteiger partial charge on any atom is -0.243 e. The van der Waals surface area contributed by atoms with Crippen molar-refractivity contribution in [3.8, 4) is 0 Å². The van der Waals surface area contributed by atoms with Crippen molar-refractivity contribution in [3.63, 3.8) is 0 Å². The van der Waals surface area contributed by atoms with Crippen molar-refractivity contribution in [2.45, 2.75) is 24.9 Å². The molecule has 15 heavy (non-hydrogen) atoms. The molecule has 0 amide bonds. The highest BCUT2D eigenvalue weighted by atomic mass is 35.5. The van der Waals surface area contributed by atoms with Crippen LogP contribution < -0.4 is 0 Å². The summed E-state index contributed by atoms with van der Waals surface area (Å²) in [7, 11) is 0. The largest absolute Gasteiger partial charge is 0.243 e. The lowest BCUT2D eigenvalue weighted by atomic mass is 9.91. The molecular weight excluding hydrogens is 231 g/mol. The molecule has 0 aromatic heterocycles. The van der Waals surface area contributed by atoms with Gasteiger partial charge in [0.15, 0.2) is 0 Å². The Morgan fingerprint density at radius 1 is 1.20 bits per heavy atom. The second kappa shape index (κ2) is 4.75. The van der Waals surface area contributed by atoms with Gasteiger partial charge in [-0.25, -0.2) is 4.39 Å². The third-order valence-corrected chi connectivity index (χ3v) is 4.06. The molecule has 0 aliphatic carbocycles. The summed E-state index contributed by atoms with van der Waals surface area (Å²) in [5.74, 6) is 1.90. The molecule has 0 radical (unpaired) electrons. The van der Waals surface area contributed by atoms with Gasteiger partial charge in [-0.3, -0.25) is 0 Å². The van der Waals surface area contributed by atoms with Crippen LogP contribution in [0.2, 0.25) is 5.02 Å². The number of thioether (sulfide) groups is 1. The average Bonchev–Trinajstić information content (AvgIpc) is 2.22. The first-order chi connectivity index (χ1) is 7.18. The summed E-state index contributed by atoms with van der Waals surface area (Å²) in [6.45, 7) is 0. The summed E-state index contributed by atoms with van der Waals surface area (Å²) in [5, 5.41) is 0.714. The predicted molar refractivity (Wildman–Crippen MR) is 65.6 cm³/mol. The van der Waals surface area contributed by atoms with Crippen LogP contribution in [0.1, 0.15) is 18.4 Å². The molecule has 0 unspecified atom stereocenters. The number of benzene rings is 1. The second-order valence-corrected chi connectivity index (χ2v) is 5.73. The van der Waals surface area contributed by atoms with E-state index in [-0.39, 0.29) is 0 Å². The van der Waals surface area contributed by atoms with E-state index in [0.717, 1.165) is 17.1 Å². The van der Waals surface area contributed by atoms with Gasteiger partial charge in [-0.2, -0.15) is 11.8 Å². The van der Waals surface area contributed by atoms with Crippen LogP contribution in [-0.4, -0.2) is 17.2 Å². The van der Waals surface area contributed by atoms with Crippen molar-refractivity contribution in [1.29, 1.82) is 0 Å². The Morgan fingerprint density at radius 3 is 2.40 bits per heavy atom. The Morgan fingerprint density at radius 2 is 1.80 bits per heavy atom. The normalized spacial score (nSPS) is 20.1. The molecule has 2 rings (SSSR count). The van der Waals surface area contributed by atoms with E-state index >= 15 is 0 Å². The van der Waals surface area contributed by atoms with E-state index in [9.17, 15) is 4.39 Å². The van der Waals surface area contributed by atoms with Crippen molar-refractivity contribution in [1.82, 2.24) is 0 Å². The van der Waals surface area contributed by atoms with E-state index < -0.39 is 5.67 Å². The fraction of sp³-hybridized carbons (Fsp3) is 0.500. The number of halogens is 2. The molecule has 1 aromatic carbocycles. The highest BCUT2D eigenvalue weighted by Crippen LogP contribution is 2.33. The average molecular weight is 245 g/mol. The maximum atomic E-state index is 14.3. The molecule has 1 fully saturated rings. The van der Waals surface area contributed by atoms with Gasteiger partial charge in [0.2, 0.25) is 0 Å². The van der Waals surface area contributed by atoms with Gasteiger partial charge in [0.05, 0.1) is 0 Å². The van der Waals surface area contributed by atoms with Gasteiger partial charge in [-0.1, -0.05) is 23.7 Å². The maximum absolute atomic E-state index is 14.3. The summed E-state index contributed by atoms with van der Waals surface area (Å²) in [4.78, 5) is 0. The molecule has 0 nitrogen and oxygen atoms in total. The molecule has 0 spiro atoms. The molecule has 0 atom stereocenters. The van der Waals surface area contributed by atoms with Crippen LogP contribution in [0.4, 0.5) is 4.39 Å². The maximum Gasteiger partial charge on any atom is 0.116 e. The molecule has 0 saturated carbocycles. The van der Waals surface area contributed by atoms with Crippen LogP contribution in [0, 0.1) is 0 Å². The lowest BCUT2D eigenvalue weighted by Gasteiger charge is -2.29. The Hall–Kier alpha value is -0.210. The van der Waals surface area contributed by atoms with Crippen molar-refractivity contribution in [3.05, 3.63) is 34.9 Å².